The van der Waals surface area contributed by atoms with Crippen LogP contribution < -0.4 is 9.64 Å². The lowest BCUT2D eigenvalue weighted by Crippen LogP contribution is -2.27. The second-order valence-electron chi connectivity index (χ2n) is 9.57. The quantitative estimate of drug-likeness (QED) is 0.0884. The number of Topliss-reactive ketones (excluding diaryl/α,β-unsaturated/α-hetero) is 1. The number of nitro groups is 1. The van der Waals surface area contributed by atoms with Gasteiger partial charge in [-0.25, -0.2) is 4.79 Å². The molecule has 0 aliphatic carbocycles. The van der Waals surface area contributed by atoms with E-state index in [1.54, 1.807) is 66.7 Å². The van der Waals surface area contributed by atoms with Gasteiger partial charge in [-0.05, 0) is 71.8 Å². The van der Waals surface area contributed by atoms with Gasteiger partial charge in [-0.2, -0.15) is 0 Å². The van der Waals surface area contributed by atoms with Crippen molar-refractivity contribution in [1.82, 2.24) is 0 Å². The Morgan fingerprint density at radius 2 is 1.43 bits per heavy atom. The van der Waals surface area contributed by atoms with Crippen LogP contribution in [0.5, 0.6) is 5.75 Å². The molecular formula is C32H24N2O8. The van der Waals surface area contributed by atoms with Crippen LogP contribution in [0.3, 0.4) is 0 Å². The summed E-state index contributed by atoms with van der Waals surface area (Å²) >= 11 is 0. The molecular weight excluding hydrogens is 540 g/mol. The molecule has 1 atom stereocenters. The van der Waals surface area contributed by atoms with E-state index in [1.165, 1.54) is 41.3 Å². The summed E-state index contributed by atoms with van der Waals surface area (Å²) in [6, 6.07) is 27.6. The number of hydrogen-bond donors (Lipinski definition) is 0. The summed E-state index contributed by atoms with van der Waals surface area (Å²) < 4.78 is 10.5. The Morgan fingerprint density at radius 1 is 0.810 bits per heavy atom. The molecule has 4 aromatic rings. The number of rotatable bonds is 9. The Morgan fingerprint density at radius 3 is 2.05 bits per heavy atom. The van der Waals surface area contributed by atoms with Crippen molar-refractivity contribution in [1.29, 1.82) is 0 Å². The molecule has 0 unspecified atom stereocenters. The molecule has 1 saturated heterocycles. The zero-order valence-corrected chi connectivity index (χ0v) is 22.2. The highest BCUT2D eigenvalue weighted by molar-refractivity contribution is 6.01. The smallest absolute Gasteiger partial charge is 0.343 e. The van der Waals surface area contributed by atoms with Crippen LogP contribution in [-0.4, -0.2) is 41.7 Å². The van der Waals surface area contributed by atoms with Gasteiger partial charge in [-0.3, -0.25) is 24.5 Å². The molecule has 1 amide bonds. The van der Waals surface area contributed by atoms with E-state index in [4.69, 9.17) is 9.47 Å². The normalized spacial score (nSPS) is 14.3. The lowest BCUT2D eigenvalue weighted by atomic mass is 10.0. The SMILES string of the molecule is O=C(COC(=O)[C@H]1CC(=O)N(c2ccc(-c3ccc([N+](=O)[O-])cc3)cc2)C1)c1ccc(OC(=O)c2ccccc2)cc1. The zero-order valence-electron chi connectivity index (χ0n) is 22.2. The van der Waals surface area contributed by atoms with E-state index in [2.05, 4.69) is 0 Å². The van der Waals surface area contributed by atoms with Crippen molar-refractivity contribution in [3.8, 4) is 16.9 Å². The second kappa shape index (κ2) is 12.3. The third-order valence-electron chi connectivity index (χ3n) is 6.79. The number of ether oxygens (including phenoxy) is 2. The van der Waals surface area contributed by atoms with Gasteiger partial charge in [0.1, 0.15) is 5.75 Å². The average Bonchev–Trinajstić information content (AvgIpc) is 3.42. The van der Waals surface area contributed by atoms with E-state index in [1.807, 2.05) is 0 Å². The molecule has 0 saturated carbocycles. The van der Waals surface area contributed by atoms with Gasteiger partial charge in [0.25, 0.3) is 5.69 Å². The van der Waals surface area contributed by atoms with Gasteiger partial charge in [0.15, 0.2) is 12.4 Å². The van der Waals surface area contributed by atoms with E-state index < -0.39 is 35.2 Å². The molecule has 0 bridgehead atoms. The third kappa shape index (κ3) is 6.39. The fourth-order valence-corrected chi connectivity index (χ4v) is 4.51. The number of ketones is 1. The highest BCUT2D eigenvalue weighted by Gasteiger charge is 2.36. The first-order valence-electron chi connectivity index (χ1n) is 13.0. The number of hydrogen-bond acceptors (Lipinski definition) is 8. The maximum Gasteiger partial charge on any atom is 0.343 e. The zero-order chi connectivity index (χ0) is 29.6. The first-order chi connectivity index (χ1) is 20.3. The van der Waals surface area contributed by atoms with Gasteiger partial charge >= 0.3 is 11.9 Å². The van der Waals surface area contributed by atoms with Crippen LogP contribution in [0.15, 0.2) is 103 Å². The van der Waals surface area contributed by atoms with Crippen molar-refractivity contribution in [3.05, 3.63) is 124 Å². The van der Waals surface area contributed by atoms with E-state index in [0.29, 0.717) is 11.3 Å². The summed E-state index contributed by atoms with van der Waals surface area (Å²) in [7, 11) is 0. The van der Waals surface area contributed by atoms with Crippen molar-refractivity contribution >= 4 is 35.0 Å². The van der Waals surface area contributed by atoms with Gasteiger partial charge in [-0.1, -0.05) is 30.3 Å². The first-order valence-corrected chi connectivity index (χ1v) is 13.0. The molecule has 0 spiro atoms. The van der Waals surface area contributed by atoms with Crippen LogP contribution in [0.1, 0.15) is 27.1 Å². The number of anilines is 1. The number of carbonyl (C=O) groups is 4. The van der Waals surface area contributed by atoms with Gasteiger partial charge < -0.3 is 14.4 Å². The first kappa shape index (κ1) is 27.9. The Bertz CT molecular complexity index is 1630. The Labute approximate surface area is 240 Å². The maximum absolute atomic E-state index is 12.7. The molecule has 1 fully saturated rings. The highest BCUT2D eigenvalue weighted by atomic mass is 16.6. The molecule has 1 heterocycles. The van der Waals surface area contributed by atoms with Crippen molar-refractivity contribution in [3.63, 3.8) is 0 Å². The number of carbonyl (C=O) groups excluding carboxylic acids is 4. The summed E-state index contributed by atoms with van der Waals surface area (Å²) in [4.78, 5) is 62.0. The number of benzene rings is 4. The van der Waals surface area contributed by atoms with Crippen LogP contribution in [0.4, 0.5) is 11.4 Å². The van der Waals surface area contributed by atoms with E-state index in [0.717, 1.165) is 11.1 Å². The molecule has 1 aliphatic heterocycles. The summed E-state index contributed by atoms with van der Waals surface area (Å²) in [6.45, 7) is -0.374. The van der Waals surface area contributed by atoms with Crippen LogP contribution in [0.25, 0.3) is 11.1 Å². The van der Waals surface area contributed by atoms with Crippen molar-refractivity contribution in [2.75, 3.05) is 18.1 Å². The van der Waals surface area contributed by atoms with E-state index >= 15 is 0 Å². The number of amides is 1. The van der Waals surface area contributed by atoms with Crippen LogP contribution in [0, 0.1) is 16.0 Å². The number of nitro benzene ring substituents is 1. The molecule has 4 aromatic carbocycles. The van der Waals surface area contributed by atoms with Crippen molar-refractivity contribution < 1.29 is 33.6 Å². The molecule has 0 N–H and O–H groups in total. The summed E-state index contributed by atoms with van der Waals surface area (Å²) in [5, 5.41) is 10.9. The van der Waals surface area contributed by atoms with E-state index in [9.17, 15) is 29.3 Å². The predicted molar refractivity (Wildman–Crippen MR) is 152 cm³/mol. The average molecular weight is 565 g/mol. The topological polar surface area (TPSA) is 133 Å². The van der Waals surface area contributed by atoms with Crippen LogP contribution in [-0.2, 0) is 14.3 Å². The largest absolute Gasteiger partial charge is 0.457 e. The minimum absolute atomic E-state index is 0.00242. The Balaban J connectivity index is 1.13. The standard InChI is InChI=1S/C32H24N2O8/c35-29(23-10-16-28(17-11-23)42-32(38)24-4-2-1-3-5-24)20-41-31(37)25-18-30(36)33(19-25)26-12-6-21(7-13-26)22-8-14-27(15-9-22)34(39)40/h1-17,25H,18-20H2/t25-/m0/s1. The molecule has 0 radical (unpaired) electrons. The summed E-state index contributed by atoms with van der Waals surface area (Å²) in [6.07, 6.45) is -0.0430. The predicted octanol–water partition coefficient (Wildman–Crippen LogP) is 5.26. The van der Waals surface area contributed by atoms with Gasteiger partial charge in [0.2, 0.25) is 5.91 Å². The fraction of sp³-hybridized carbons (Fsp3) is 0.125. The molecule has 210 valence electrons. The second-order valence-corrected chi connectivity index (χ2v) is 9.57. The lowest BCUT2D eigenvalue weighted by Gasteiger charge is -2.17. The molecule has 1 aliphatic rings. The summed E-state index contributed by atoms with van der Waals surface area (Å²) in [5.41, 5.74) is 2.88. The molecule has 10 heteroatoms. The molecule has 5 rings (SSSR count). The van der Waals surface area contributed by atoms with Crippen molar-refractivity contribution in [2.45, 2.75) is 6.42 Å². The van der Waals surface area contributed by atoms with Crippen LogP contribution >= 0.6 is 0 Å². The molecule has 42 heavy (non-hydrogen) atoms. The van der Waals surface area contributed by atoms with Crippen molar-refractivity contribution in [2.24, 2.45) is 5.92 Å². The van der Waals surface area contributed by atoms with Gasteiger partial charge in [0.05, 0.1) is 16.4 Å². The lowest BCUT2D eigenvalue weighted by molar-refractivity contribution is -0.384. The van der Waals surface area contributed by atoms with Gasteiger partial charge in [-0.15, -0.1) is 0 Å². The van der Waals surface area contributed by atoms with Crippen LogP contribution in [0.2, 0.25) is 0 Å². The number of esters is 2. The minimum Gasteiger partial charge on any atom is -0.457 e. The monoisotopic (exact) mass is 564 g/mol. The highest BCUT2D eigenvalue weighted by Crippen LogP contribution is 2.29. The number of nitrogens with zero attached hydrogens (tertiary/aromatic N) is 2. The Kier molecular flexibility index (Phi) is 8.14. The van der Waals surface area contributed by atoms with E-state index in [-0.39, 0.29) is 35.9 Å². The third-order valence-corrected chi connectivity index (χ3v) is 6.79. The van der Waals surface area contributed by atoms with Gasteiger partial charge in [0, 0.05) is 36.3 Å². The maximum atomic E-state index is 12.7. The number of non-ortho nitro benzene ring substituents is 1. The fourth-order valence-electron chi connectivity index (χ4n) is 4.51. The summed E-state index contributed by atoms with van der Waals surface area (Å²) in [5.74, 6) is -2.30. The Hall–Kier alpha value is -5.64. The molecule has 0 aromatic heterocycles. The minimum atomic E-state index is -0.723. The molecule has 10 nitrogen and oxygen atoms in total.